The van der Waals surface area contributed by atoms with Crippen LogP contribution in [0.1, 0.15) is 12.8 Å². The van der Waals surface area contributed by atoms with Gasteiger partial charge < -0.3 is 4.42 Å². The predicted octanol–water partition coefficient (Wildman–Crippen LogP) is 6.33. The fraction of sp³-hybridized carbons (Fsp3) is 0.0909. The molecular weight excluding hydrogens is 340 g/mol. The molecule has 0 N–H and O–H groups in total. The molecule has 0 spiro atoms. The second kappa shape index (κ2) is 6.07. The first kappa shape index (κ1) is 15.3. The smallest absolute Gasteiger partial charge is 0.247 e. The van der Waals surface area contributed by atoms with E-state index in [1.165, 1.54) is 31.3 Å². The number of rotatable bonds is 3. The van der Waals surface area contributed by atoms with E-state index in [9.17, 15) is 0 Å². The third kappa shape index (κ3) is 2.42. The highest BCUT2D eigenvalue weighted by molar-refractivity contribution is 7.26. The highest BCUT2D eigenvalue weighted by atomic mass is 32.1. The summed E-state index contributed by atoms with van der Waals surface area (Å²) in [6.07, 6.45) is 0.749. The average Bonchev–Trinajstić information content (AvgIpc) is 3.32. The maximum Gasteiger partial charge on any atom is 0.247 e. The van der Waals surface area contributed by atoms with E-state index < -0.39 is 0 Å². The molecule has 0 aliphatic rings. The molecule has 2 heterocycles. The van der Waals surface area contributed by atoms with Crippen molar-refractivity contribution in [2.75, 3.05) is 0 Å². The third-order valence-corrected chi connectivity index (χ3v) is 5.84. The average molecular weight is 356 g/mol. The molecule has 0 amide bonds. The van der Waals surface area contributed by atoms with Crippen molar-refractivity contribution in [3.8, 4) is 22.6 Å². The molecule has 0 radical (unpaired) electrons. The van der Waals surface area contributed by atoms with E-state index in [4.69, 9.17) is 4.42 Å². The van der Waals surface area contributed by atoms with Gasteiger partial charge in [-0.1, -0.05) is 55.5 Å². The normalized spacial score (nSPS) is 11.4. The van der Waals surface area contributed by atoms with Gasteiger partial charge in [0.05, 0.1) is 0 Å². The van der Waals surface area contributed by atoms with Crippen LogP contribution in [-0.2, 0) is 6.42 Å². The molecule has 0 fully saturated rings. The topological polar surface area (TPSA) is 38.9 Å². The van der Waals surface area contributed by atoms with Crippen LogP contribution in [0.15, 0.2) is 71.1 Å². The number of fused-ring (bicyclic) bond motifs is 3. The summed E-state index contributed by atoms with van der Waals surface area (Å²) in [7, 11) is 0. The van der Waals surface area contributed by atoms with Crippen molar-refractivity contribution in [1.29, 1.82) is 0 Å². The van der Waals surface area contributed by atoms with Crippen molar-refractivity contribution in [1.82, 2.24) is 10.2 Å². The summed E-state index contributed by atoms with van der Waals surface area (Å²) in [4.78, 5) is 0. The summed E-state index contributed by atoms with van der Waals surface area (Å²) in [6, 6.07) is 23.5. The van der Waals surface area contributed by atoms with Gasteiger partial charge in [0.15, 0.2) is 0 Å². The zero-order chi connectivity index (χ0) is 17.5. The van der Waals surface area contributed by atoms with Gasteiger partial charge in [0, 0.05) is 32.2 Å². The molecule has 4 heteroatoms. The fourth-order valence-electron chi connectivity index (χ4n) is 3.28. The van der Waals surface area contributed by atoms with Crippen LogP contribution in [0, 0.1) is 0 Å². The van der Waals surface area contributed by atoms with E-state index in [1.807, 2.05) is 18.3 Å². The quantitative estimate of drug-likeness (QED) is 0.379. The van der Waals surface area contributed by atoms with Crippen molar-refractivity contribution in [3.63, 3.8) is 0 Å². The van der Waals surface area contributed by atoms with E-state index >= 15 is 0 Å². The van der Waals surface area contributed by atoms with Gasteiger partial charge in [-0.2, -0.15) is 0 Å². The van der Waals surface area contributed by atoms with Gasteiger partial charge in [0.25, 0.3) is 0 Å². The molecular formula is C22H16N2OS. The number of hydrogen-bond donors (Lipinski definition) is 0. The number of aromatic nitrogens is 2. The molecule has 3 aromatic carbocycles. The first-order valence-corrected chi connectivity index (χ1v) is 9.48. The lowest BCUT2D eigenvalue weighted by Gasteiger charge is -2.04. The molecule has 0 saturated carbocycles. The summed E-state index contributed by atoms with van der Waals surface area (Å²) in [5.41, 5.74) is 3.40. The highest BCUT2D eigenvalue weighted by Gasteiger charge is 2.11. The van der Waals surface area contributed by atoms with Gasteiger partial charge in [-0.3, -0.25) is 0 Å². The van der Waals surface area contributed by atoms with Gasteiger partial charge in [0.1, 0.15) is 0 Å². The highest BCUT2D eigenvalue weighted by Crippen LogP contribution is 2.39. The Bertz CT molecular complexity index is 1220. The molecule has 0 saturated heterocycles. The minimum Gasteiger partial charge on any atom is -0.421 e. The molecule has 0 unspecified atom stereocenters. The predicted molar refractivity (Wildman–Crippen MR) is 107 cm³/mol. The minimum atomic E-state index is 0.577. The van der Waals surface area contributed by atoms with Crippen molar-refractivity contribution in [2.24, 2.45) is 0 Å². The van der Waals surface area contributed by atoms with E-state index in [0.29, 0.717) is 11.8 Å². The number of hydrogen-bond acceptors (Lipinski definition) is 4. The van der Waals surface area contributed by atoms with Crippen LogP contribution in [0.4, 0.5) is 0 Å². The van der Waals surface area contributed by atoms with E-state index in [0.717, 1.165) is 12.0 Å². The Morgan fingerprint density at radius 2 is 1.58 bits per heavy atom. The number of aryl methyl sites for hydroxylation is 1. The first-order valence-electron chi connectivity index (χ1n) is 8.67. The fourth-order valence-corrected chi connectivity index (χ4v) is 4.52. The standard InChI is InChI=1S/C22H16N2OS/c1-2-20-23-24-22(25-20)15-12-10-14(11-13-15)16-7-5-8-18-17-6-3-4-9-19(17)26-21(16)18/h3-13H,2H2,1H3. The number of thiophene rings is 1. The van der Waals surface area contributed by atoms with Gasteiger partial charge in [-0.25, -0.2) is 0 Å². The maximum absolute atomic E-state index is 5.65. The molecule has 5 rings (SSSR count). The van der Waals surface area contributed by atoms with E-state index in [2.05, 4.69) is 76.9 Å². The Morgan fingerprint density at radius 3 is 2.38 bits per heavy atom. The van der Waals surface area contributed by atoms with Crippen LogP contribution in [0.3, 0.4) is 0 Å². The molecule has 5 aromatic rings. The Hall–Kier alpha value is -2.98. The minimum absolute atomic E-state index is 0.577. The molecule has 2 aromatic heterocycles. The van der Waals surface area contributed by atoms with Crippen LogP contribution < -0.4 is 0 Å². The van der Waals surface area contributed by atoms with Gasteiger partial charge in [-0.05, 0) is 29.3 Å². The van der Waals surface area contributed by atoms with Crippen molar-refractivity contribution >= 4 is 31.5 Å². The molecule has 0 bridgehead atoms. The summed E-state index contributed by atoms with van der Waals surface area (Å²) < 4.78 is 8.30. The summed E-state index contributed by atoms with van der Waals surface area (Å²) in [6.45, 7) is 2.01. The molecule has 126 valence electrons. The Kier molecular flexibility index (Phi) is 3.57. The summed E-state index contributed by atoms with van der Waals surface area (Å²) >= 11 is 1.85. The van der Waals surface area contributed by atoms with Crippen molar-refractivity contribution in [2.45, 2.75) is 13.3 Å². The zero-order valence-electron chi connectivity index (χ0n) is 14.3. The number of nitrogens with zero attached hydrogens (tertiary/aromatic N) is 2. The summed E-state index contributed by atoms with van der Waals surface area (Å²) in [5.74, 6) is 1.24. The molecule has 0 atom stereocenters. The Balaban J connectivity index is 1.61. The monoisotopic (exact) mass is 356 g/mol. The molecule has 0 aliphatic carbocycles. The second-order valence-corrected chi connectivity index (χ2v) is 7.26. The zero-order valence-corrected chi connectivity index (χ0v) is 15.1. The van der Waals surface area contributed by atoms with Crippen LogP contribution in [0.2, 0.25) is 0 Å². The number of benzene rings is 3. The lowest BCUT2D eigenvalue weighted by atomic mass is 10.0. The lowest BCUT2D eigenvalue weighted by Crippen LogP contribution is -1.81. The van der Waals surface area contributed by atoms with Gasteiger partial charge in [-0.15, -0.1) is 21.5 Å². The molecule has 0 aliphatic heterocycles. The Morgan fingerprint density at radius 1 is 0.808 bits per heavy atom. The summed E-state index contributed by atoms with van der Waals surface area (Å²) in [5, 5.41) is 10.8. The first-order chi connectivity index (χ1) is 12.8. The van der Waals surface area contributed by atoms with Crippen molar-refractivity contribution in [3.05, 3.63) is 72.6 Å². The molecule has 26 heavy (non-hydrogen) atoms. The van der Waals surface area contributed by atoms with E-state index in [-0.39, 0.29) is 0 Å². The van der Waals surface area contributed by atoms with Crippen LogP contribution in [0.25, 0.3) is 42.8 Å². The van der Waals surface area contributed by atoms with E-state index in [1.54, 1.807) is 0 Å². The second-order valence-electron chi connectivity index (χ2n) is 6.21. The van der Waals surface area contributed by atoms with Crippen LogP contribution >= 0.6 is 11.3 Å². The van der Waals surface area contributed by atoms with Gasteiger partial charge >= 0.3 is 0 Å². The van der Waals surface area contributed by atoms with Crippen LogP contribution in [0.5, 0.6) is 0 Å². The third-order valence-electron chi connectivity index (χ3n) is 4.62. The molecule has 3 nitrogen and oxygen atoms in total. The van der Waals surface area contributed by atoms with Crippen molar-refractivity contribution < 1.29 is 4.42 Å². The Labute approximate surface area is 154 Å². The van der Waals surface area contributed by atoms with Crippen LogP contribution in [-0.4, -0.2) is 10.2 Å². The lowest BCUT2D eigenvalue weighted by molar-refractivity contribution is 0.513. The maximum atomic E-state index is 5.65. The SMILES string of the molecule is CCc1nnc(-c2ccc(-c3cccc4c3sc3ccccc34)cc2)o1. The largest absolute Gasteiger partial charge is 0.421 e. The van der Waals surface area contributed by atoms with Gasteiger partial charge in [0.2, 0.25) is 11.8 Å².